The van der Waals surface area contributed by atoms with Crippen LogP contribution < -0.4 is 4.74 Å². The normalized spacial score (nSPS) is 10.4. The zero-order valence-electron chi connectivity index (χ0n) is 10.7. The zero-order chi connectivity index (χ0) is 13.8. The van der Waals surface area contributed by atoms with Gasteiger partial charge in [0.15, 0.2) is 0 Å². The highest BCUT2D eigenvalue weighted by atomic mass is 32.2. The molecule has 6 heteroatoms. The number of carboxylic acids is 1. The van der Waals surface area contributed by atoms with Crippen molar-refractivity contribution in [3.8, 4) is 11.4 Å². The average Bonchev–Trinajstić information content (AvgIpc) is 2.77. The Kier molecular flexibility index (Phi) is 4.11. The van der Waals surface area contributed by atoms with Gasteiger partial charge < -0.3 is 9.84 Å². The van der Waals surface area contributed by atoms with Crippen LogP contribution in [0, 0.1) is 6.92 Å². The molecule has 2 rings (SSSR count). The fourth-order valence-electron chi connectivity index (χ4n) is 1.69. The number of carbonyl (C=O) groups is 1. The fourth-order valence-corrected chi connectivity index (χ4v) is 2.48. The Hall–Kier alpha value is -1.95. The number of methoxy groups -OCH3 is 1. The van der Waals surface area contributed by atoms with Gasteiger partial charge in [-0.2, -0.15) is 5.10 Å². The summed E-state index contributed by atoms with van der Waals surface area (Å²) in [6, 6.07) is 9.36. The van der Waals surface area contributed by atoms with Crippen LogP contribution >= 0.6 is 11.8 Å². The molecule has 0 unspecified atom stereocenters. The maximum Gasteiger partial charge on any atom is 0.313 e. The Bertz CT molecular complexity index is 595. The van der Waals surface area contributed by atoms with Crippen molar-refractivity contribution >= 4 is 17.7 Å². The lowest BCUT2D eigenvalue weighted by Crippen LogP contribution is -2.03. The molecule has 0 bridgehead atoms. The van der Waals surface area contributed by atoms with Crippen LogP contribution in [0.3, 0.4) is 0 Å². The highest BCUT2D eigenvalue weighted by Crippen LogP contribution is 2.28. The van der Waals surface area contributed by atoms with Crippen LogP contribution in [0.1, 0.15) is 5.69 Å². The first kappa shape index (κ1) is 13.5. The second-order valence-corrected chi connectivity index (χ2v) is 4.89. The second-order valence-electron chi connectivity index (χ2n) is 3.89. The number of aliphatic carboxylic acids is 1. The summed E-state index contributed by atoms with van der Waals surface area (Å²) < 4.78 is 7.01. The van der Waals surface area contributed by atoms with Crippen molar-refractivity contribution < 1.29 is 14.6 Å². The predicted molar refractivity (Wildman–Crippen MR) is 73.2 cm³/mol. The molecular formula is C13H14N2O3S. The highest BCUT2D eigenvalue weighted by molar-refractivity contribution is 7.99. The molecule has 2 aromatic rings. The van der Waals surface area contributed by atoms with Crippen molar-refractivity contribution in [1.82, 2.24) is 9.78 Å². The molecule has 0 aliphatic rings. The first-order chi connectivity index (χ1) is 9.11. The lowest BCUT2D eigenvalue weighted by atomic mass is 10.3. The molecule has 0 fully saturated rings. The Labute approximate surface area is 115 Å². The molecule has 0 atom stereocenters. The van der Waals surface area contributed by atoms with Gasteiger partial charge in [0.05, 0.1) is 18.6 Å². The number of benzene rings is 1. The minimum atomic E-state index is -0.851. The van der Waals surface area contributed by atoms with Gasteiger partial charge in [-0.05, 0) is 25.1 Å². The first-order valence-electron chi connectivity index (χ1n) is 5.66. The van der Waals surface area contributed by atoms with Crippen molar-refractivity contribution in [1.29, 1.82) is 0 Å². The van der Waals surface area contributed by atoms with Gasteiger partial charge in [0.2, 0.25) is 0 Å². The van der Waals surface area contributed by atoms with Crippen LogP contribution in [-0.4, -0.2) is 33.7 Å². The molecule has 0 saturated heterocycles. The smallest absolute Gasteiger partial charge is 0.313 e. The SMILES string of the molecule is COc1ccccc1-n1nc(C)cc1SCC(=O)O. The third-order valence-electron chi connectivity index (χ3n) is 2.46. The number of carboxylic acid groups (broad SMARTS) is 1. The summed E-state index contributed by atoms with van der Waals surface area (Å²) in [6.45, 7) is 1.87. The van der Waals surface area contributed by atoms with Crippen LogP contribution in [0.25, 0.3) is 5.69 Å². The maximum absolute atomic E-state index is 10.7. The van der Waals surface area contributed by atoms with Crippen molar-refractivity contribution in [3.63, 3.8) is 0 Å². The number of aryl methyl sites for hydroxylation is 1. The van der Waals surface area contributed by atoms with E-state index < -0.39 is 5.97 Å². The number of thioether (sulfide) groups is 1. The van der Waals surface area contributed by atoms with Crippen molar-refractivity contribution in [2.75, 3.05) is 12.9 Å². The summed E-state index contributed by atoms with van der Waals surface area (Å²) in [5.74, 6) is -0.154. The standard InChI is InChI=1S/C13H14N2O3S/c1-9-7-12(19-8-13(16)17)15(14-9)10-5-3-4-6-11(10)18-2/h3-7H,8H2,1-2H3,(H,16,17). The summed E-state index contributed by atoms with van der Waals surface area (Å²) in [5, 5.41) is 13.9. The quantitative estimate of drug-likeness (QED) is 0.851. The molecule has 1 heterocycles. The van der Waals surface area contributed by atoms with Gasteiger partial charge in [-0.1, -0.05) is 23.9 Å². The Morgan fingerprint density at radius 2 is 2.21 bits per heavy atom. The monoisotopic (exact) mass is 278 g/mol. The minimum Gasteiger partial charge on any atom is -0.494 e. The van der Waals surface area contributed by atoms with E-state index in [4.69, 9.17) is 9.84 Å². The third-order valence-corrected chi connectivity index (χ3v) is 3.43. The summed E-state index contributed by atoms with van der Waals surface area (Å²) >= 11 is 1.24. The van der Waals surface area contributed by atoms with Crippen LogP contribution in [-0.2, 0) is 4.79 Å². The van der Waals surface area contributed by atoms with Gasteiger partial charge in [0, 0.05) is 0 Å². The molecule has 1 aromatic carbocycles. The number of aromatic nitrogens is 2. The van der Waals surface area contributed by atoms with Gasteiger partial charge in [0.25, 0.3) is 0 Å². The fraction of sp³-hybridized carbons (Fsp3) is 0.231. The number of hydrogen-bond acceptors (Lipinski definition) is 4. The summed E-state index contributed by atoms with van der Waals surface area (Å²) in [4.78, 5) is 10.7. The number of hydrogen-bond donors (Lipinski definition) is 1. The lowest BCUT2D eigenvalue weighted by molar-refractivity contribution is -0.133. The maximum atomic E-state index is 10.7. The topological polar surface area (TPSA) is 64.4 Å². The zero-order valence-corrected chi connectivity index (χ0v) is 11.5. The van der Waals surface area contributed by atoms with Gasteiger partial charge in [0.1, 0.15) is 16.5 Å². The summed E-state index contributed by atoms with van der Waals surface area (Å²) in [6.07, 6.45) is 0. The molecule has 0 amide bonds. The Morgan fingerprint density at radius 1 is 1.47 bits per heavy atom. The molecule has 100 valence electrons. The molecular weight excluding hydrogens is 264 g/mol. The van der Waals surface area contributed by atoms with Crippen LogP contribution in [0.2, 0.25) is 0 Å². The highest BCUT2D eigenvalue weighted by Gasteiger charge is 2.13. The van der Waals surface area contributed by atoms with E-state index in [0.717, 1.165) is 16.4 Å². The third kappa shape index (κ3) is 3.08. The molecule has 1 N–H and O–H groups in total. The van der Waals surface area contributed by atoms with Gasteiger partial charge in [-0.3, -0.25) is 4.79 Å². The van der Waals surface area contributed by atoms with E-state index in [1.165, 1.54) is 11.8 Å². The molecule has 0 radical (unpaired) electrons. The molecule has 5 nitrogen and oxygen atoms in total. The Balaban J connectivity index is 2.41. The number of ether oxygens (including phenoxy) is 1. The van der Waals surface area contributed by atoms with E-state index in [-0.39, 0.29) is 5.75 Å². The largest absolute Gasteiger partial charge is 0.494 e. The van der Waals surface area contributed by atoms with Gasteiger partial charge >= 0.3 is 5.97 Å². The van der Waals surface area contributed by atoms with Gasteiger partial charge in [-0.25, -0.2) is 4.68 Å². The van der Waals surface area contributed by atoms with E-state index in [1.807, 2.05) is 37.3 Å². The van der Waals surface area contributed by atoms with E-state index in [0.29, 0.717) is 5.75 Å². The van der Waals surface area contributed by atoms with Gasteiger partial charge in [-0.15, -0.1) is 0 Å². The van der Waals surface area contributed by atoms with Crippen LogP contribution in [0.5, 0.6) is 5.75 Å². The first-order valence-corrected chi connectivity index (χ1v) is 6.65. The van der Waals surface area contributed by atoms with Crippen molar-refractivity contribution in [3.05, 3.63) is 36.0 Å². The van der Waals surface area contributed by atoms with Crippen LogP contribution in [0.15, 0.2) is 35.4 Å². The number of rotatable bonds is 5. The van der Waals surface area contributed by atoms with E-state index in [2.05, 4.69) is 5.10 Å². The molecule has 1 aromatic heterocycles. The Morgan fingerprint density at radius 3 is 2.89 bits per heavy atom. The number of nitrogens with zero attached hydrogens (tertiary/aromatic N) is 2. The second kappa shape index (κ2) is 5.79. The minimum absolute atomic E-state index is 0.000280. The van der Waals surface area contributed by atoms with Crippen LogP contribution in [0.4, 0.5) is 0 Å². The van der Waals surface area contributed by atoms with Crippen molar-refractivity contribution in [2.24, 2.45) is 0 Å². The molecule has 19 heavy (non-hydrogen) atoms. The summed E-state index contributed by atoms with van der Waals surface area (Å²) in [7, 11) is 1.60. The predicted octanol–water partition coefficient (Wildman–Crippen LogP) is 2.37. The summed E-state index contributed by atoms with van der Waals surface area (Å²) in [5.41, 5.74) is 1.63. The number of para-hydroxylation sites is 2. The van der Waals surface area contributed by atoms with Crippen molar-refractivity contribution in [2.45, 2.75) is 11.9 Å². The van der Waals surface area contributed by atoms with E-state index >= 15 is 0 Å². The molecule has 0 aliphatic carbocycles. The van der Waals surface area contributed by atoms with E-state index in [1.54, 1.807) is 11.8 Å². The molecule has 0 spiro atoms. The molecule has 0 aliphatic heterocycles. The molecule has 0 saturated carbocycles. The lowest BCUT2D eigenvalue weighted by Gasteiger charge is -2.10. The van der Waals surface area contributed by atoms with E-state index in [9.17, 15) is 4.79 Å². The average molecular weight is 278 g/mol.